The number of hydrogen-bond donors (Lipinski definition) is 2. The molecule has 0 amide bonds. The number of allylic oxidation sites excluding steroid dienone is 2. The highest BCUT2D eigenvalue weighted by Gasteiger charge is 2.32. The van der Waals surface area contributed by atoms with Crippen molar-refractivity contribution in [3.63, 3.8) is 0 Å². The minimum atomic E-state index is -0.714. The second-order valence-electron chi connectivity index (χ2n) is 7.81. The summed E-state index contributed by atoms with van der Waals surface area (Å²) in [6.07, 6.45) is 16.7. The van der Waals surface area contributed by atoms with E-state index in [0.29, 0.717) is 12.3 Å². The molecule has 0 aromatic rings. The summed E-state index contributed by atoms with van der Waals surface area (Å²) < 4.78 is 0. The van der Waals surface area contributed by atoms with Crippen LogP contribution in [-0.2, 0) is 9.59 Å². The zero-order valence-corrected chi connectivity index (χ0v) is 16.5. The molecule has 150 valence electrons. The van der Waals surface area contributed by atoms with Crippen molar-refractivity contribution in [3.8, 4) is 0 Å². The quantitative estimate of drug-likeness (QED) is 0.305. The summed E-state index contributed by atoms with van der Waals surface area (Å²) in [5.74, 6) is 0.114. The van der Waals surface area contributed by atoms with Crippen LogP contribution in [0.1, 0.15) is 96.8 Å². The summed E-state index contributed by atoms with van der Waals surface area (Å²) >= 11 is 0. The Bertz CT molecular complexity index is 430. The van der Waals surface area contributed by atoms with Gasteiger partial charge in [0, 0.05) is 12.8 Å². The minimum absolute atomic E-state index is 0.222. The number of ketones is 1. The number of aliphatic hydroxyl groups is 1. The van der Waals surface area contributed by atoms with Crippen LogP contribution in [-0.4, -0.2) is 28.1 Å². The van der Waals surface area contributed by atoms with E-state index in [9.17, 15) is 14.7 Å². The summed E-state index contributed by atoms with van der Waals surface area (Å²) in [6.45, 7) is 2.17. The SMILES string of the molecule is CCCCCCC(=O)/C=C/C1CCC(O)C1CCCCCCCC(=O)O. The van der Waals surface area contributed by atoms with Crippen LogP contribution in [0.25, 0.3) is 0 Å². The van der Waals surface area contributed by atoms with Crippen LogP contribution in [0.15, 0.2) is 12.2 Å². The van der Waals surface area contributed by atoms with Gasteiger partial charge in [-0.3, -0.25) is 9.59 Å². The van der Waals surface area contributed by atoms with E-state index in [1.807, 2.05) is 0 Å². The van der Waals surface area contributed by atoms with Crippen LogP contribution in [0.2, 0.25) is 0 Å². The van der Waals surface area contributed by atoms with E-state index in [1.54, 1.807) is 6.08 Å². The number of carboxylic acid groups (broad SMARTS) is 1. The first-order valence-corrected chi connectivity index (χ1v) is 10.7. The van der Waals surface area contributed by atoms with Gasteiger partial charge in [-0.2, -0.15) is 0 Å². The summed E-state index contributed by atoms with van der Waals surface area (Å²) in [5.41, 5.74) is 0. The monoisotopic (exact) mass is 366 g/mol. The molecule has 0 spiro atoms. The van der Waals surface area contributed by atoms with E-state index < -0.39 is 5.97 Å². The van der Waals surface area contributed by atoms with Gasteiger partial charge in [0.25, 0.3) is 0 Å². The summed E-state index contributed by atoms with van der Waals surface area (Å²) in [4.78, 5) is 22.4. The Morgan fingerprint density at radius 2 is 1.58 bits per heavy atom. The van der Waals surface area contributed by atoms with Crippen molar-refractivity contribution in [3.05, 3.63) is 12.2 Å². The fourth-order valence-electron chi connectivity index (χ4n) is 3.95. The predicted octanol–water partition coefficient (Wildman–Crippen LogP) is 5.28. The van der Waals surface area contributed by atoms with Crippen molar-refractivity contribution in [2.24, 2.45) is 11.8 Å². The molecule has 3 atom stereocenters. The lowest BCUT2D eigenvalue weighted by Crippen LogP contribution is -2.18. The smallest absolute Gasteiger partial charge is 0.303 e. The van der Waals surface area contributed by atoms with E-state index in [-0.39, 0.29) is 24.2 Å². The summed E-state index contributed by atoms with van der Waals surface area (Å²) in [7, 11) is 0. The number of hydrogen-bond acceptors (Lipinski definition) is 3. The molecule has 0 aliphatic heterocycles. The third-order valence-electron chi connectivity index (χ3n) is 5.57. The Labute approximate surface area is 159 Å². The molecule has 4 heteroatoms. The molecule has 1 rings (SSSR count). The summed E-state index contributed by atoms with van der Waals surface area (Å²) in [6, 6.07) is 0. The fraction of sp³-hybridized carbons (Fsp3) is 0.818. The van der Waals surface area contributed by atoms with Crippen LogP contribution >= 0.6 is 0 Å². The molecule has 1 aliphatic rings. The lowest BCUT2D eigenvalue weighted by Gasteiger charge is -2.19. The van der Waals surface area contributed by atoms with E-state index in [1.165, 1.54) is 12.8 Å². The van der Waals surface area contributed by atoms with Crippen molar-refractivity contribution < 1.29 is 19.8 Å². The molecule has 0 saturated heterocycles. The van der Waals surface area contributed by atoms with Gasteiger partial charge >= 0.3 is 5.97 Å². The van der Waals surface area contributed by atoms with Gasteiger partial charge in [-0.05, 0) is 50.0 Å². The van der Waals surface area contributed by atoms with E-state index in [0.717, 1.165) is 64.2 Å². The van der Waals surface area contributed by atoms with Crippen molar-refractivity contribution in [2.75, 3.05) is 0 Å². The van der Waals surface area contributed by atoms with Crippen LogP contribution in [0.5, 0.6) is 0 Å². The molecule has 3 unspecified atom stereocenters. The maximum Gasteiger partial charge on any atom is 0.303 e. The second kappa shape index (κ2) is 14.0. The number of aliphatic hydroxyl groups excluding tert-OH is 1. The Morgan fingerprint density at radius 3 is 2.31 bits per heavy atom. The van der Waals surface area contributed by atoms with Crippen molar-refractivity contribution in [2.45, 2.75) is 103 Å². The molecule has 2 N–H and O–H groups in total. The van der Waals surface area contributed by atoms with Crippen LogP contribution in [0, 0.1) is 11.8 Å². The molecule has 0 radical (unpaired) electrons. The highest BCUT2D eigenvalue weighted by atomic mass is 16.4. The summed E-state index contributed by atoms with van der Waals surface area (Å²) in [5, 5.41) is 18.9. The predicted molar refractivity (Wildman–Crippen MR) is 105 cm³/mol. The number of carboxylic acids is 1. The molecule has 26 heavy (non-hydrogen) atoms. The van der Waals surface area contributed by atoms with Crippen LogP contribution in [0.3, 0.4) is 0 Å². The highest BCUT2D eigenvalue weighted by molar-refractivity contribution is 5.89. The number of rotatable bonds is 15. The lowest BCUT2D eigenvalue weighted by atomic mass is 9.88. The standard InChI is InChI=1S/C22H38O4/c1-2-3-4-8-11-19(23)16-14-18-15-17-21(24)20(18)12-9-6-5-7-10-13-22(25)26/h14,16,18,20-21,24H,2-13,15,17H2,1H3,(H,25,26)/b16-14+. The molecule has 0 aromatic heterocycles. The Hall–Kier alpha value is -1.16. The molecule has 1 fully saturated rings. The van der Waals surface area contributed by atoms with Gasteiger partial charge in [0.05, 0.1) is 6.10 Å². The minimum Gasteiger partial charge on any atom is -0.481 e. The molecular formula is C22H38O4. The van der Waals surface area contributed by atoms with Gasteiger partial charge in [-0.15, -0.1) is 0 Å². The molecule has 1 aliphatic carbocycles. The molecule has 1 saturated carbocycles. The average Bonchev–Trinajstić information content (AvgIpc) is 2.96. The van der Waals surface area contributed by atoms with Crippen LogP contribution in [0.4, 0.5) is 0 Å². The van der Waals surface area contributed by atoms with E-state index in [4.69, 9.17) is 5.11 Å². The molecular weight excluding hydrogens is 328 g/mol. The highest BCUT2D eigenvalue weighted by Crippen LogP contribution is 2.36. The van der Waals surface area contributed by atoms with E-state index >= 15 is 0 Å². The maximum atomic E-state index is 12.0. The zero-order valence-electron chi connectivity index (χ0n) is 16.5. The van der Waals surface area contributed by atoms with Gasteiger partial charge in [0.1, 0.15) is 0 Å². The van der Waals surface area contributed by atoms with Gasteiger partial charge in [-0.1, -0.05) is 57.9 Å². The molecule has 0 bridgehead atoms. The van der Waals surface area contributed by atoms with Gasteiger partial charge in [0.2, 0.25) is 0 Å². The Balaban J connectivity index is 2.23. The molecule has 0 heterocycles. The Kier molecular flexibility index (Phi) is 12.3. The largest absolute Gasteiger partial charge is 0.481 e. The Morgan fingerprint density at radius 1 is 0.923 bits per heavy atom. The fourth-order valence-corrected chi connectivity index (χ4v) is 3.95. The van der Waals surface area contributed by atoms with Gasteiger partial charge in [-0.25, -0.2) is 0 Å². The topological polar surface area (TPSA) is 74.6 Å². The van der Waals surface area contributed by atoms with Crippen molar-refractivity contribution >= 4 is 11.8 Å². The normalized spacial score (nSPS) is 22.9. The molecule has 4 nitrogen and oxygen atoms in total. The second-order valence-corrected chi connectivity index (χ2v) is 7.81. The average molecular weight is 367 g/mol. The lowest BCUT2D eigenvalue weighted by molar-refractivity contribution is -0.137. The first kappa shape index (κ1) is 22.9. The third-order valence-corrected chi connectivity index (χ3v) is 5.57. The van der Waals surface area contributed by atoms with E-state index in [2.05, 4.69) is 13.0 Å². The van der Waals surface area contributed by atoms with Crippen molar-refractivity contribution in [1.29, 1.82) is 0 Å². The first-order valence-electron chi connectivity index (χ1n) is 10.7. The van der Waals surface area contributed by atoms with Gasteiger partial charge in [0.15, 0.2) is 5.78 Å². The first-order chi connectivity index (χ1) is 12.5. The number of carbonyl (C=O) groups is 2. The zero-order chi connectivity index (χ0) is 19.2. The van der Waals surface area contributed by atoms with Gasteiger partial charge < -0.3 is 10.2 Å². The van der Waals surface area contributed by atoms with Crippen molar-refractivity contribution in [1.82, 2.24) is 0 Å². The third kappa shape index (κ3) is 10.1. The van der Waals surface area contributed by atoms with Crippen LogP contribution < -0.4 is 0 Å². The number of carbonyl (C=O) groups excluding carboxylic acids is 1. The number of aliphatic carboxylic acids is 1. The number of unbranched alkanes of at least 4 members (excludes halogenated alkanes) is 7. The molecule has 0 aromatic carbocycles. The maximum absolute atomic E-state index is 12.0.